The number of hydrogen-bond donors (Lipinski definition) is 2. The molecule has 0 aliphatic rings. The van der Waals surface area contributed by atoms with E-state index in [9.17, 15) is 23.2 Å². The van der Waals surface area contributed by atoms with Crippen molar-refractivity contribution >= 4 is 40.2 Å². The van der Waals surface area contributed by atoms with Gasteiger partial charge < -0.3 is 15.0 Å². The highest BCUT2D eigenvalue weighted by Gasteiger charge is 2.21. The fraction of sp³-hybridized carbons (Fsp3) is 0.150. The number of esters is 1. The summed E-state index contributed by atoms with van der Waals surface area (Å²) in [6.45, 7) is 1.82. The summed E-state index contributed by atoms with van der Waals surface area (Å²) >= 11 is 0.895. The van der Waals surface area contributed by atoms with E-state index in [1.165, 1.54) is 0 Å². The van der Waals surface area contributed by atoms with E-state index in [1.807, 2.05) is 6.92 Å². The van der Waals surface area contributed by atoms with Crippen LogP contribution in [-0.4, -0.2) is 29.7 Å². The van der Waals surface area contributed by atoms with Crippen molar-refractivity contribution in [2.24, 2.45) is 0 Å². The van der Waals surface area contributed by atoms with Crippen molar-refractivity contribution in [3.8, 4) is 0 Å². The monoisotopic (exact) mass is 418 g/mol. The van der Waals surface area contributed by atoms with E-state index in [4.69, 9.17) is 4.74 Å². The topological polar surface area (TPSA) is 88.3 Å². The number of anilines is 1. The fourth-order valence-corrected chi connectivity index (χ4v) is 3.54. The number of nitrogens with one attached hydrogen (secondary N) is 2. The van der Waals surface area contributed by atoms with Gasteiger partial charge in [-0.3, -0.25) is 9.59 Å². The van der Waals surface area contributed by atoms with Crippen LogP contribution in [0.4, 0.5) is 14.5 Å². The molecular weight excluding hydrogens is 402 g/mol. The van der Waals surface area contributed by atoms with E-state index < -0.39 is 28.9 Å². The highest BCUT2D eigenvalue weighted by atomic mass is 32.2. The van der Waals surface area contributed by atoms with Gasteiger partial charge in [0, 0.05) is 11.5 Å². The maximum absolute atomic E-state index is 13.7. The molecule has 3 rings (SSSR count). The standard InChI is InChI=1S/C20H16F2N2O4S/c1-10-3-5-14-12(7-10)18(26)17(20(27)28-2)19(24-14)29-9-16(25)23-15-6-4-11(21)8-13(15)22/h3-8H,9H2,1-2H3,(H,23,25)(H,24,26). The third kappa shape index (κ3) is 4.45. The van der Waals surface area contributed by atoms with Crippen molar-refractivity contribution in [3.05, 3.63) is 69.4 Å². The van der Waals surface area contributed by atoms with Crippen LogP contribution in [-0.2, 0) is 9.53 Å². The average Bonchev–Trinajstić information content (AvgIpc) is 2.68. The van der Waals surface area contributed by atoms with Gasteiger partial charge in [0.2, 0.25) is 11.3 Å². The molecule has 0 fully saturated rings. The summed E-state index contributed by atoms with van der Waals surface area (Å²) in [5, 5.41) is 2.81. The highest BCUT2D eigenvalue weighted by Crippen LogP contribution is 2.23. The molecule has 1 aromatic heterocycles. The molecule has 3 aromatic rings. The first-order valence-electron chi connectivity index (χ1n) is 8.43. The molecule has 1 heterocycles. The van der Waals surface area contributed by atoms with Gasteiger partial charge in [0.15, 0.2) is 0 Å². The number of benzene rings is 2. The highest BCUT2D eigenvalue weighted by molar-refractivity contribution is 8.00. The molecular formula is C20H16F2N2O4S. The molecule has 0 unspecified atom stereocenters. The first kappa shape index (κ1) is 20.5. The number of H-pyrrole nitrogens is 1. The Morgan fingerprint density at radius 2 is 1.93 bits per heavy atom. The van der Waals surface area contributed by atoms with Gasteiger partial charge in [-0.15, -0.1) is 0 Å². The van der Waals surface area contributed by atoms with Crippen LogP contribution in [0, 0.1) is 18.6 Å². The summed E-state index contributed by atoms with van der Waals surface area (Å²) in [6.07, 6.45) is 0. The Morgan fingerprint density at radius 3 is 2.62 bits per heavy atom. The lowest BCUT2D eigenvalue weighted by atomic mass is 10.1. The molecule has 2 aromatic carbocycles. The van der Waals surface area contributed by atoms with Crippen molar-refractivity contribution in [2.45, 2.75) is 11.9 Å². The van der Waals surface area contributed by atoms with Crippen LogP contribution < -0.4 is 10.7 Å². The number of aromatic nitrogens is 1. The minimum Gasteiger partial charge on any atom is -0.465 e. The normalized spacial score (nSPS) is 10.8. The van der Waals surface area contributed by atoms with Gasteiger partial charge >= 0.3 is 5.97 Å². The smallest absolute Gasteiger partial charge is 0.344 e. The number of amides is 1. The number of ether oxygens (including phenoxy) is 1. The molecule has 29 heavy (non-hydrogen) atoms. The molecule has 2 N–H and O–H groups in total. The van der Waals surface area contributed by atoms with Crippen LogP contribution in [0.25, 0.3) is 10.9 Å². The Labute approximate surface area is 168 Å². The lowest BCUT2D eigenvalue weighted by molar-refractivity contribution is -0.113. The zero-order valence-electron chi connectivity index (χ0n) is 15.5. The van der Waals surface area contributed by atoms with E-state index in [1.54, 1.807) is 18.2 Å². The second-order valence-electron chi connectivity index (χ2n) is 6.16. The number of fused-ring (bicyclic) bond motifs is 1. The SMILES string of the molecule is COC(=O)c1c(SCC(=O)Nc2ccc(F)cc2F)[nH]c2ccc(C)cc2c1=O. The Kier molecular flexibility index (Phi) is 5.97. The number of halogens is 2. The van der Waals surface area contributed by atoms with E-state index >= 15 is 0 Å². The zero-order valence-corrected chi connectivity index (χ0v) is 16.3. The van der Waals surface area contributed by atoms with Gasteiger partial charge in [0.05, 0.1) is 29.1 Å². The summed E-state index contributed by atoms with van der Waals surface area (Å²) in [4.78, 5) is 40.1. The maximum atomic E-state index is 13.7. The van der Waals surface area contributed by atoms with Gasteiger partial charge in [0.25, 0.3) is 0 Å². The van der Waals surface area contributed by atoms with Gasteiger partial charge in [-0.25, -0.2) is 13.6 Å². The number of aryl methyl sites for hydroxylation is 1. The predicted octanol–water partition coefficient (Wildman–Crippen LogP) is 3.63. The molecule has 0 aliphatic carbocycles. The lowest BCUT2D eigenvalue weighted by Crippen LogP contribution is -2.21. The molecule has 6 nitrogen and oxygen atoms in total. The molecule has 0 saturated heterocycles. The van der Waals surface area contributed by atoms with E-state index in [0.717, 1.165) is 36.6 Å². The van der Waals surface area contributed by atoms with Crippen LogP contribution in [0.3, 0.4) is 0 Å². The van der Waals surface area contributed by atoms with Crippen LogP contribution in [0.1, 0.15) is 15.9 Å². The summed E-state index contributed by atoms with van der Waals surface area (Å²) < 4.78 is 31.4. The Hall–Kier alpha value is -3.20. The third-order valence-corrected chi connectivity index (χ3v) is 5.07. The molecule has 150 valence electrons. The molecule has 1 amide bonds. The molecule has 0 bridgehead atoms. The molecule has 0 radical (unpaired) electrons. The first-order chi connectivity index (χ1) is 13.8. The van der Waals surface area contributed by atoms with E-state index in [2.05, 4.69) is 10.3 Å². The molecule has 0 saturated carbocycles. The summed E-state index contributed by atoms with van der Waals surface area (Å²) in [7, 11) is 1.15. The number of methoxy groups -OCH3 is 1. The number of pyridine rings is 1. The van der Waals surface area contributed by atoms with Crippen molar-refractivity contribution in [3.63, 3.8) is 0 Å². The van der Waals surface area contributed by atoms with Crippen molar-refractivity contribution in [2.75, 3.05) is 18.2 Å². The van der Waals surface area contributed by atoms with Crippen LogP contribution in [0.5, 0.6) is 0 Å². The molecule has 0 aliphatic heterocycles. The third-order valence-electron chi connectivity index (χ3n) is 4.06. The van der Waals surface area contributed by atoms with E-state index in [-0.39, 0.29) is 22.0 Å². The van der Waals surface area contributed by atoms with Gasteiger partial charge in [-0.1, -0.05) is 23.4 Å². The quantitative estimate of drug-likeness (QED) is 0.488. The lowest BCUT2D eigenvalue weighted by Gasteiger charge is -2.11. The number of thioether (sulfide) groups is 1. The Morgan fingerprint density at radius 1 is 1.17 bits per heavy atom. The molecule has 0 spiro atoms. The van der Waals surface area contributed by atoms with Crippen LogP contribution >= 0.6 is 11.8 Å². The Bertz CT molecular complexity index is 1180. The van der Waals surface area contributed by atoms with Gasteiger partial charge in [-0.05, 0) is 31.2 Å². The predicted molar refractivity (Wildman–Crippen MR) is 106 cm³/mol. The molecule has 0 atom stereocenters. The second-order valence-corrected chi connectivity index (χ2v) is 7.15. The minimum atomic E-state index is -0.909. The number of carbonyl (C=O) groups is 2. The summed E-state index contributed by atoms with van der Waals surface area (Å²) in [5.41, 5.74) is 0.450. The van der Waals surface area contributed by atoms with Crippen molar-refractivity contribution < 1.29 is 23.1 Å². The maximum Gasteiger partial charge on any atom is 0.344 e. The molecule has 9 heteroatoms. The zero-order chi connectivity index (χ0) is 21.1. The van der Waals surface area contributed by atoms with Gasteiger partial charge in [0.1, 0.15) is 17.2 Å². The number of hydrogen-bond acceptors (Lipinski definition) is 5. The van der Waals surface area contributed by atoms with Gasteiger partial charge in [-0.2, -0.15) is 0 Å². The first-order valence-corrected chi connectivity index (χ1v) is 9.41. The second kappa shape index (κ2) is 8.44. The minimum absolute atomic E-state index is 0.160. The largest absolute Gasteiger partial charge is 0.465 e. The van der Waals surface area contributed by atoms with Crippen LogP contribution in [0.2, 0.25) is 0 Å². The van der Waals surface area contributed by atoms with E-state index in [0.29, 0.717) is 17.0 Å². The fourth-order valence-electron chi connectivity index (χ4n) is 2.69. The number of aromatic amines is 1. The number of carbonyl (C=O) groups excluding carboxylic acids is 2. The van der Waals surface area contributed by atoms with Crippen molar-refractivity contribution in [1.82, 2.24) is 4.98 Å². The van der Waals surface area contributed by atoms with Crippen LogP contribution in [0.15, 0.2) is 46.2 Å². The average molecular weight is 418 g/mol. The summed E-state index contributed by atoms with van der Waals surface area (Å²) in [6, 6.07) is 7.93. The summed E-state index contributed by atoms with van der Waals surface area (Å²) in [5.74, 6) is -3.33. The Balaban J connectivity index is 1.88. The van der Waals surface area contributed by atoms with Crippen molar-refractivity contribution in [1.29, 1.82) is 0 Å². The number of rotatable bonds is 5.